The highest BCUT2D eigenvalue weighted by Gasteiger charge is 2.40. The SMILES string of the molecule is O=[N+]([O-])c1ccccc1[C@H]1O[C@H]2CCCC[C@H]2c2sccc21. The van der Waals surface area contributed by atoms with Gasteiger partial charge in [-0.25, -0.2) is 0 Å². The number of nitrogens with zero attached hydrogens (tertiary/aromatic N) is 1. The van der Waals surface area contributed by atoms with Crippen molar-refractivity contribution in [2.45, 2.75) is 43.8 Å². The van der Waals surface area contributed by atoms with Crippen LogP contribution in [0.1, 0.15) is 53.7 Å². The maximum absolute atomic E-state index is 11.4. The highest BCUT2D eigenvalue weighted by atomic mass is 32.1. The van der Waals surface area contributed by atoms with Crippen molar-refractivity contribution in [1.29, 1.82) is 0 Å². The van der Waals surface area contributed by atoms with E-state index in [2.05, 4.69) is 11.4 Å². The maximum atomic E-state index is 11.4. The summed E-state index contributed by atoms with van der Waals surface area (Å²) in [7, 11) is 0. The molecule has 2 aromatic rings. The lowest BCUT2D eigenvalue weighted by Gasteiger charge is -2.39. The molecule has 1 aliphatic carbocycles. The number of para-hydroxylation sites is 1. The van der Waals surface area contributed by atoms with E-state index in [9.17, 15) is 10.1 Å². The molecule has 22 heavy (non-hydrogen) atoms. The van der Waals surface area contributed by atoms with Gasteiger partial charge >= 0.3 is 0 Å². The van der Waals surface area contributed by atoms with Crippen LogP contribution in [-0.2, 0) is 4.74 Å². The van der Waals surface area contributed by atoms with Gasteiger partial charge in [-0.05, 0) is 35.9 Å². The minimum atomic E-state index is -0.308. The summed E-state index contributed by atoms with van der Waals surface area (Å²) in [5.74, 6) is 0.475. The van der Waals surface area contributed by atoms with Crippen LogP contribution in [0.15, 0.2) is 35.7 Å². The van der Waals surface area contributed by atoms with E-state index >= 15 is 0 Å². The van der Waals surface area contributed by atoms with Crippen molar-refractivity contribution in [3.05, 3.63) is 61.8 Å². The Morgan fingerprint density at radius 3 is 2.82 bits per heavy atom. The molecule has 3 atom stereocenters. The topological polar surface area (TPSA) is 52.4 Å². The molecule has 5 heteroatoms. The van der Waals surface area contributed by atoms with Crippen LogP contribution in [0.2, 0.25) is 0 Å². The Hall–Kier alpha value is -1.72. The van der Waals surface area contributed by atoms with Crippen LogP contribution >= 0.6 is 11.3 Å². The third-order valence-corrected chi connectivity index (χ3v) is 5.84. The molecule has 114 valence electrons. The largest absolute Gasteiger partial charge is 0.365 e. The summed E-state index contributed by atoms with van der Waals surface area (Å²) in [4.78, 5) is 12.4. The van der Waals surface area contributed by atoms with Gasteiger partial charge in [-0.15, -0.1) is 11.3 Å². The zero-order valence-electron chi connectivity index (χ0n) is 12.1. The predicted octanol–water partition coefficient (Wildman–Crippen LogP) is 4.80. The second kappa shape index (κ2) is 5.48. The number of hydrogen-bond acceptors (Lipinski definition) is 4. The van der Waals surface area contributed by atoms with Gasteiger partial charge in [-0.2, -0.15) is 0 Å². The number of thiophene rings is 1. The molecule has 0 saturated heterocycles. The zero-order valence-corrected chi connectivity index (χ0v) is 12.9. The van der Waals surface area contributed by atoms with Crippen molar-refractivity contribution in [2.75, 3.05) is 0 Å². The van der Waals surface area contributed by atoms with Crippen molar-refractivity contribution in [3.8, 4) is 0 Å². The van der Waals surface area contributed by atoms with Gasteiger partial charge in [0.2, 0.25) is 0 Å². The van der Waals surface area contributed by atoms with E-state index in [4.69, 9.17) is 4.74 Å². The van der Waals surface area contributed by atoms with Crippen LogP contribution < -0.4 is 0 Å². The van der Waals surface area contributed by atoms with Gasteiger partial charge < -0.3 is 4.74 Å². The van der Waals surface area contributed by atoms with Crippen molar-refractivity contribution in [3.63, 3.8) is 0 Å². The first kappa shape index (κ1) is 13.9. The summed E-state index contributed by atoms with van der Waals surface area (Å²) in [6.45, 7) is 0. The van der Waals surface area contributed by atoms with Crippen molar-refractivity contribution >= 4 is 17.0 Å². The first-order chi connectivity index (χ1) is 10.8. The molecule has 1 saturated carbocycles. The first-order valence-electron chi connectivity index (χ1n) is 7.72. The number of fused-ring (bicyclic) bond motifs is 3. The summed E-state index contributed by atoms with van der Waals surface area (Å²) >= 11 is 1.77. The Kier molecular flexibility index (Phi) is 3.47. The summed E-state index contributed by atoms with van der Waals surface area (Å²) in [6, 6.07) is 9.03. The molecule has 4 nitrogen and oxygen atoms in total. The second-order valence-electron chi connectivity index (χ2n) is 6.00. The summed E-state index contributed by atoms with van der Waals surface area (Å²) in [5.41, 5.74) is 1.96. The van der Waals surface area contributed by atoms with Gasteiger partial charge in [-0.1, -0.05) is 25.0 Å². The third-order valence-electron chi connectivity index (χ3n) is 4.78. The van der Waals surface area contributed by atoms with Gasteiger partial charge in [0.25, 0.3) is 5.69 Å². The molecule has 1 fully saturated rings. The molecular formula is C17H17NO3S. The second-order valence-corrected chi connectivity index (χ2v) is 6.95. The van der Waals surface area contributed by atoms with Crippen LogP contribution in [-0.4, -0.2) is 11.0 Å². The zero-order chi connectivity index (χ0) is 15.1. The molecule has 1 aromatic heterocycles. The molecule has 0 bridgehead atoms. The fourth-order valence-electron chi connectivity index (χ4n) is 3.77. The highest BCUT2D eigenvalue weighted by Crippen LogP contribution is 2.49. The number of rotatable bonds is 2. The molecule has 0 radical (unpaired) electrons. The summed E-state index contributed by atoms with van der Waals surface area (Å²) in [6.07, 6.45) is 4.55. The monoisotopic (exact) mass is 315 g/mol. The first-order valence-corrected chi connectivity index (χ1v) is 8.59. The quantitative estimate of drug-likeness (QED) is 0.590. The predicted molar refractivity (Wildman–Crippen MR) is 85.3 cm³/mol. The number of hydrogen-bond donors (Lipinski definition) is 0. The maximum Gasteiger partial charge on any atom is 0.275 e. The highest BCUT2D eigenvalue weighted by molar-refractivity contribution is 7.10. The summed E-state index contributed by atoms with van der Waals surface area (Å²) in [5, 5.41) is 13.4. The lowest BCUT2D eigenvalue weighted by molar-refractivity contribution is -0.386. The Morgan fingerprint density at radius 2 is 1.95 bits per heavy atom. The molecule has 2 aliphatic rings. The van der Waals surface area contributed by atoms with E-state index in [-0.39, 0.29) is 22.8 Å². The lowest BCUT2D eigenvalue weighted by Crippen LogP contribution is -2.32. The fraction of sp³-hybridized carbons (Fsp3) is 0.412. The number of ether oxygens (including phenoxy) is 1. The molecule has 1 aromatic carbocycles. The average molecular weight is 315 g/mol. The fourth-order valence-corrected chi connectivity index (χ4v) is 4.89. The van der Waals surface area contributed by atoms with Gasteiger partial charge in [0, 0.05) is 16.9 Å². The molecule has 4 rings (SSSR count). The Balaban J connectivity index is 1.81. The van der Waals surface area contributed by atoms with Crippen molar-refractivity contribution < 1.29 is 9.66 Å². The normalized spacial score (nSPS) is 27.0. The Bertz CT molecular complexity index is 711. The lowest BCUT2D eigenvalue weighted by atomic mass is 9.80. The number of nitro groups is 1. The Morgan fingerprint density at radius 1 is 1.14 bits per heavy atom. The van der Waals surface area contributed by atoms with Crippen LogP contribution in [0.5, 0.6) is 0 Å². The van der Waals surface area contributed by atoms with Gasteiger partial charge in [0.15, 0.2) is 0 Å². The molecule has 2 heterocycles. The molecule has 0 amide bonds. The van der Waals surface area contributed by atoms with Crippen LogP contribution in [0.25, 0.3) is 0 Å². The van der Waals surface area contributed by atoms with Gasteiger partial charge in [0.1, 0.15) is 6.10 Å². The van der Waals surface area contributed by atoms with E-state index in [1.54, 1.807) is 23.5 Å². The average Bonchev–Trinajstić information content (AvgIpc) is 3.04. The van der Waals surface area contributed by atoms with E-state index in [0.29, 0.717) is 11.5 Å². The van der Waals surface area contributed by atoms with Crippen LogP contribution in [0.4, 0.5) is 5.69 Å². The van der Waals surface area contributed by atoms with Crippen molar-refractivity contribution in [2.24, 2.45) is 0 Å². The minimum absolute atomic E-state index is 0.152. The van der Waals surface area contributed by atoms with E-state index in [1.807, 2.05) is 12.1 Å². The van der Waals surface area contributed by atoms with Crippen LogP contribution in [0, 0.1) is 10.1 Å². The smallest absolute Gasteiger partial charge is 0.275 e. The van der Waals surface area contributed by atoms with E-state index in [0.717, 1.165) is 12.0 Å². The summed E-state index contributed by atoms with van der Waals surface area (Å²) < 4.78 is 6.35. The Labute approximate surface area is 132 Å². The van der Waals surface area contributed by atoms with Crippen molar-refractivity contribution in [1.82, 2.24) is 0 Å². The molecule has 1 aliphatic heterocycles. The number of benzene rings is 1. The number of nitro benzene ring substituents is 1. The molecule has 0 N–H and O–H groups in total. The van der Waals surface area contributed by atoms with E-state index in [1.165, 1.54) is 24.1 Å². The van der Waals surface area contributed by atoms with Gasteiger partial charge in [0.05, 0.1) is 16.6 Å². The standard InChI is InChI=1S/C17H17NO3S/c19-18(20)14-7-3-1-5-11(14)16-13-9-10-22-17(13)12-6-2-4-8-15(12)21-16/h1,3,5,7,9-10,12,15-16H,2,4,6,8H2/t12-,15+,16-/m1/s1. The molecule has 0 spiro atoms. The van der Waals surface area contributed by atoms with Gasteiger partial charge in [-0.3, -0.25) is 10.1 Å². The molecular weight excluding hydrogens is 298 g/mol. The molecule has 0 unspecified atom stereocenters. The van der Waals surface area contributed by atoms with Crippen LogP contribution in [0.3, 0.4) is 0 Å². The third kappa shape index (κ3) is 2.16. The van der Waals surface area contributed by atoms with E-state index < -0.39 is 0 Å². The minimum Gasteiger partial charge on any atom is -0.365 e.